The number of nitrogens with two attached hydrogens (primary N) is 1. The Labute approximate surface area is 119 Å². The number of hydrogen-bond acceptors (Lipinski definition) is 4. The van der Waals surface area contributed by atoms with Crippen molar-refractivity contribution in [3.63, 3.8) is 0 Å². The molecule has 1 aromatic carbocycles. The molecule has 1 aliphatic heterocycles. The highest BCUT2D eigenvalue weighted by atomic mass is 16.5. The van der Waals surface area contributed by atoms with E-state index in [0.717, 1.165) is 11.3 Å². The first-order valence-corrected chi connectivity index (χ1v) is 6.87. The minimum absolute atomic E-state index is 0.110. The van der Waals surface area contributed by atoms with Gasteiger partial charge in [-0.05, 0) is 37.5 Å². The number of benzene rings is 1. The molecule has 5 heteroatoms. The number of rotatable bonds is 4. The van der Waals surface area contributed by atoms with E-state index in [0.29, 0.717) is 26.1 Å². The molecule has 0 radical (unpaired) electrons. The molecule has 1 saturated heterocycles. The summed E-state index contributed by atoms with van der Waals surface area (Å²) in [7, 11) is 1.62. The standard InChI is InChI=1S/C15H22N2O3/c1-11(12-4-3-5-13(10-12)19-2)17-14(18)15(16)6-8-20-9-7-15/h3-5,10-11H,6-9,16H2,1-2H3,(H,17,18). The number of ether oxygens (including phenoxy) is 2. The smallest absolute Gasteiger partial charge is 0.240 e. The van der Waals surface area contributed by atoms with Gasteiger partial charge in [0.2, 0.25) is 5.91 Å². The van der Waals surface area contributed by atoms with Crippen molar-refractivity contribution in [3.8, 4) is 5.75 Å². The monoisotopic (exact) mass is 278 g/mol. The van der Waals surface area contributed by atoms with Crippen LogP contribution in [0, 0.1) is 0 Å². The summed E-state index contributed by atoms with van der Waals surface area (Å²) in [4.78, 5) is 12.3. The SMILES string of the molecule is COc1cccc(C(C)NC(=O)C2(N)CCOCC2)c1. The van der Waals surface area contributed by atoms with Gasteiger partial charge < -0.3 is 20.5 Å². The average Bonchev–Trinajstić information content (AvgIpc) is 2.48. The van der Waals surface area contributed by atoms with Crippen LogP contribution in [0.25, 0.3) is 0 Å². The Balaban J connectivity index is 2.02. The minimum atomic E-state index is -0.814. The molecule has 1 fully saturated rings. The summed E-state index contributed by atoms with van der Waals surface area (Å²) in [6, 6.07) is 7.55. The van der Waals surface area contributed by atoms with Crippen molar-refractivity contribution < 1.29 is 14.3 Å². The Morgan fingerprint density at radius 3 is 2.80 bits per heavy atom. The minimum Gasteiger partial charge on any atom is -0.497 e. The van der Waals surface area contributed by atoms with Gasteiger partial charge in [0.15, 0.2) is 0 Å². The van der Waals surface area contributed by atoms with Gasteiger partial charge in [0, 0.05) is 13.2 Å². The summed E-state index contributed by atoms with van der Waals surface area (Å²) in [5, 5.41) is 2.98. The second-order valence-electron chi connectivity index (χ2n) is 5.24. The van der Waals surface area contributed by atoms with Gasteiger partial charge in [-0.2, -0.15) is 0 Å². The Kier molecular flexibility index (Phi) is 4.62. The maximum Gasteiger partial charge on any atom is 0.240 e. The van der Waals surface area contributed by atoms with E-state index in [4.69, 9.17) is 15.2 Å². The van der Waals surface area contributed by atoms with E-state index in [1.807, 2.05) is 31.2 Å². The molecular formula is C15H22N2O3. The van der Waals surface area contributed by atoms with Crippen LogP contribution in [-0.4, -0.2) is 31.8 Å². The van der Waals surface area contributed by atoms with Gasteiger partial charge >= 0.3 is 0 Å². The Morgan fingerprint density at radius 1 is 1.45 bits per heavy atom. The van der Waals surface area contributed by atoms with Crippen LogP contribution in [0.4, 0.5) is 0 Å². The van der Waals surface area contributed by atoms with E-state index in [9.17, 15) is 4.79 Å². The molecule has 1 unspecified atom stereocenters. The molecular weight excluding hydrogens is 256 g/mol. The van der Waals surface area contributed by atoms with Crippen LogP contribution in [0.15, 0.2) is 24.3 Å². The molecule has 1 aromatic rings. The summed E-state index contributed by atoms with van der Waals surface area (Å²) in [6.45, 7) is 3.02. The van der Waals surface area contributed by atoms with Crippen molar-refractivity contribution in [1.82, 2.24) is 5.32 Å². The van der Waals surface area contributed by atoms with E-state index >= 15 is 0 Å². The highest BCUT2D eigenvalue weighted by molar-refractivity contribution is 5.86. The van der Waals surface area contributed by atoms with E-state index in [-0.39, 0.29) is 11.9 Å². The molecule has 1 amide bonds. The second kappa shape index (κ2) is 6.24. The number of carbonyl (C=O) groups is 1. The van der Waals surface area contributed by atoms with E-state index in [1.165, 1.54) is 0 Å². The summed E-state index contributed by atoms with van der Waals surface area (Å²) < 4.78 is 10.5. The lowest BCUT2D eigenvalue weighted by molar-refractivity contribution is -0.130. The van der Waals surface area contributed by atoms with Crippen LogP contribution in [0.2, 0.25) is 0 Å². The summed E-state index contributed by atoms with van der Waals surface area (Å²) in [5.41, 5.74) is 6.35. The quantitative estimate of drug-likeness (QED) is 0.872. The zero-order valence-corrected chi connectivity index (χ0v) is 12.0. The Bertz CT molecular complexity index is 470. The number of amides is 1. The predicted molar refractivity (Wildman–Crippen MR) is 76.5 cm³/mol. The zero-order chi connectivity index (χ0) is 14.6. The normalized spacial score (nSPS) is 19.1. The molecule has 1 aliphatic rings. The number of carbonyl (C=O) groups excluding carboxylic acids is 1. The van der Waals surface area contributed by atoms with Crippen LogP contribution in [0.1, 0.15) is 31.4 Å². The lowest BCUT2D eigenvalue weighted by Crippen LogP contribution is -2.57. The van der Waals surface area contributed by atoms with Crippen molar-refractivity contribution in [2.75, 3.05) is 20.3 Å². The van der Waals surface area contributed by atoms with Crippen molar-refractivity contribution in [2.45, 2.75) is 31.3 Å². The highest BCUT2D eigenvalue weighted by Crippen LogP contribution is 2.22. The molecule has 0 bridgehead atoms. The van der Waals surface area contributed by atoms with Crippen LogP contribution >= 0.6 is 0 Å². The molecule has 3 N–H and O–H groups in total. The average molecular weight is 278 g/mol. The topological polar surface area (TPSA) is 73.6 Å². The van der Waals surface area contributed by atoms with Gasteiger partial charge in [0.05, 0.1) is 18.7 Å². The van der Waals surface area contributed by atoms with Gasteiger partial charge in [-0.25, -0.2) is 0 Å². The fourth-order valence-corrected chi connectivity index (χ4v) is 2.30. The van der Waals surface area contributed by atoms with Crippen molar-refractivity contribution in [3.05, 3.63) is 29.8 Å². The molecule has 2 rings (SSSR count). The summed E-state index contributed by atoms with van der Waals surface area (Å²) >= 11 is 0. The van der Waals surface area contributed by atoms with Gasteiger partial charge in [0.25, 0.3) is 0 Å². The number of nitrogens with one attached hydrogen (secondary N) is 1. The van der Waals surface area contributed by atoms with Crippen molar-refractivity contribution >= 4 is 5.91 Å². The third kappa shape index (κ3) is 3.29. The summed E-state index contributed by atoms with van der Waals surface area (Å²) in [6.07, 6.45) is 1.12. The van der Waals surface area contributed by atoms with Gasteiger partial charge in [-0.1, -0.05) is 12.1 Å². The lowest BCUT2D eigenvalue weighted by atomic mass is 9.90. The summed E-state index contributed by atoms with van der Waals surface area (Å²) in [5.74, 6) is 0.660. The molecule has 0 spiro atoms. The van der Waals surface area contributed by atoms with Crippen LogP contribution in [0.5, 0.6) is 5.75 Å². The molecule has 0 aliphatic carbocycles. The predicted octanol–water partition coefficient (Wildman–Crippen LogP) is 1.38. The first kappa shape index (κ1) is 14.8. The van der Waals surface area contributed by atoms with E-state index in [1.54, 1.807) is 7.11 Å². The first-order chi connectivity index (χ1) is 9.55. The third-order valence-corrected chi connectivity index (χ3v) is 3.78. The largest absolute Gasteiger partial charge is 0.497 e. The molecule has 0 aromatic heterocycles. The second-order valence-corrected chi connectivity index (χ2v) is 5.24. The molecule has 1 atom stereocenters. The van der Waals surface area contributed by atoms with Crippen molar-refractivity contribution in [2.24, 2.45) is 5.73 Å². The Morgan fingerprint density at radius 2 is 2.15 bits per heavy atom. The molecule has 110 valence electrons. The van der Waals surface area contributed by atoms with Crippen LogP contribution in [0.3, 0.4) is 0 Å². The number of methoxy groups -OCH3 is 1. The zero-order valence-electron chi connectivity index (χ0n) is 12.0. The fraction of sp³-hybridized carbons (Fsp3) is 0.533. The maximum atomic E-state index is 12.3. The molecule has 20 heavy (non-hydrogen) atoms. The lowest BCUT2D eigenvalue weighted by Gasteiger charge is -2.33. The molecule has 0 saturated carbocycles. The maximum absolute atomic E-state index is 12.3. The van der Waals surface area contributed by atoms with Gasteiger partial charge in [0.1, 0.15) is 5.75 Å². The number of hydrogen-bond donors (Lipinski definition) is 2. The first-order valence-electron chi connectivity index (χ1n) is 6.87. The third-order valence-electron chi connectivity index (χ3n) is 3.78. The van der Waals surface area contributed by atoms with E-state index in [2.05, 4.69) is 5.32 Å². The van der Waals surface area contributed by atoms with Gasteiger partial charge in [-0.15, -0.1) is 0 Å². The van der Waals surface area contributed by atoms with Gasteiger partial charge in [-0.3, -0.25) is 4.79 Å². The van der Waals surface area contributed by atoms with E-state index < -0.39 is 5.54 Å². The highest BCUT2D eigenvalue weighted by Gasteiger charge is 2.36. The molecule has 5 nitrogen and oxygen atoms in total. The fourth-order valence-electron chi connectivity index (χ4n) is 2.30. The van der Waals surface area contributed by atoms with Crippen LogP contribution < -0.4 is 15.8 Å². The van der Waals surface area contributed by atoms with Crippen molar-refractivity contribution in [1.29, 1.82) is 0 Å². The Hall–Kier alpha value is -1.59. The van der Waals surface area contributed by atoms with Crippen LogP contribution in [-0.2, 0) is 9.53 Å². The molecule has 1 heterocycles.